The van der Waals surface area contributed by atoms with Crippen LogP contribution < -0.4 is 4.57 Å². The maximum Gasteiger partial charge on any atom is 0.264 e. The lowest BCUT2D eigenvalue weighted by Gasteiger charge is -2.01. The fourth-order valence-corrected chi connectivity index (χ4v) is 2.82. The second kappa shape index (κ2) is 4.97. The predicted molar refractivity (Wildman–Crippen MR) is 81.5 cm³/mol. The Hall–Kier alpha value is -2.35. The largest absolute Gasteiger partial charge is 0.264 e. The molecule has 0 amide bonds. The summed E-state index contributed by atoms with van der Waals surface area (Å²) in [7, 11) is 0. The highest BCUT2D eigenvalue weighted by molar-refractivity contribution is 5.36. The van der Waals surface area contributed by atoms with E-state index in [1.807, 2.05) is 0 Å². The summed E-state index contributed by atoms with van der Waals surface area (Å²) >= 11 is 0. The third-order valence-corrected chi connectivity index (χ3v) is 3.87. The second-order valence-electron chi connectivity index (χ2n) is 5.06. The standard InChI is InChI=1S/C18H19N2/c1-14-15(2)20(18-12-8-5-9-13-18)16(3)19(14)17-10-6-4-7-11-17/h4-13H,1-3H3/q+1. The number of nitrogens with zero attached hydrogens (tertiary/aromatic N) is 2. The van der Waals surface area contributed by atoms with Gasteiger partial charge in [0.2, 0.25) is 0 Å². The molecule has 1 aromatic heterocycles. The van der Waals surface area contributed by atoms with Gasteiger partial charge >= 0.3 is 0 Å². The van der Waals surface area contributed by atoms with Crippen LogP contribution in [-0.4, -0.2) is 4.57 Å². The van der Waals surface area contributed by atoms with Crippen LogP contribution in [0.1, 0.15) is 17.2 Å². The van der Waals surface area contributed by atoms with Gasteiger partial charge in [0.05, 0.1) is 0 Å². The first-order valence-corrected chi connectivity index (χ1v) is 6.91. The van der Waals surface area contributed by atoms with Crippen molar-refractivity contribution in [2.24, 2.45) is 0 Å². The maximum absolute atomic E-state index is 2.31. The molecule has 2 aromatic carbocycles. The lowest BCUT2D eigenvalue weighted by Crippen LogP contribution is -2.35. The van der Waals surface area contributed by atoms with E-state index in [0.717, 1.165) is 0 Å². The van der Waals surface area contributed by atoms with Crippen molar-refractivity contribution in [3.05, 3.63) is 77.9 Å². The number of rotatable bonds is 2. The third kappa shape index (κ3) is 1.94. The third-order valence-electron chi connectivity index (χ3n) is 3.87. The van der Waals surface area contributed by atoms with E-state index >= 15 is 0 Å². The molecule has 0 bridgehead atoms. The number of benzene rings is 2. The summed E-state index contributed by atoms with van der Waals surface area (Å²) in [5.74, 6) is 1.22. The Morgan fingerprint density at radius 3 is 1.90 bits per heavy atom. The molecule has 0 saturated heterocycles. The van der Waals surface area contributed by atoms with E-state index in [0.29, 0.717) is 0 Å². The summed E-state index contributed by atoms with van der Waals surface area (Å²) < 4.78 is 4.62. The smallest absolute Gasteiger partial charge is 0.197 e. The van der Waals surface area contributed by atoms with Crippen molar-refractivity contribution in [2.75, 3.05) is 0 Å². The van der Waals surface area contributed by atoms with Crippen LogP contribution in [0.15, 0.2) is 60.7 Å². The topological polar surface area (TPSA) is 8.81 Å². The molecule has 0 atom stereocenters. The summed E-state index contributed by atoms with van der Waals surface area (Å²) in [5.41, 5.74) is 4.97. The number of hydrogen-bond acceptors (Lipinski definition) is 0. The molecule has 0 radical (unpaired) electrons. The zero-order valence-corrected chi connectivity index (χ0v) is 12.2. The highest BCUT2D eigenvalue weighted by atomic mass is 15.2. The maximum atomic E-state index is 2.31. The minimum atomic E-state index is 1.21. The molecular formula is C18H19N2+. The Balaban J connectivity index is 2.25. The van der Waals surface area contributed by atoms with Gasteiger partial charge in [0.25, 0.3) is 5.82 Å². The van der Waals surface area contributed by atoms with Gasteiger partial charge in [-0.25, -0.2) is 0 Å². The molecule has 1 heterocycles. The van der Waals surface area contributed by atoms with Crippen LogP contribution in [0.25, 0.3) is 11.4 Å². The summed E-state index contributed by atoms with van der Waals surface area (Å²) in [5, 5.41) is 0. The van der Waals surface area contributed by atoms with E-state index in [1.165, 1.54) is 28.6 Å². The van der Waals surface area contributed by atoms with Gasteiger partial charge in [-0.05, 0) is 24.3 Å². The monoisotopic (exact) mass is 263 g/mol. The van der Waals surface area contributed by atoms with E-state index in [4.69, 9.17) is 0 Å². The summed E-state index contributed by atoms with van der Waals surface area (Å²) in [6.07, 6.45) is 0. The lowest BCUT2D eigenvalue weighted by atomic mass is 10.3. The van der Waals surface area contributed by atoms with Crippen molar-refractivity contribution in [1.82, 2.24) is 4.57 Å². The Morgan fingerprint density at radius 2 is 1.30 bits per heavy atom. The molecule has 0 aliphatic carbocycles. The van der Waals surface area contributed by atoms with Crippen LogP contribution in [0.3, 0.4) is 0 Å². The number of hydrogen-bond donors (Lipinski definition) is 0. The molecule has 0 fully saturated rings. The van der Waals surface area contributed by atoms with Gasteiger partial charge in [-0.3, -0.25) is 0 Å². The molecule has 0 aliphatic heterocycles. The van der Waals surface area contributed by atoms with Crippen LogP contribution in [0, 0.1) is 20.8 Å². The average Bonchev–Trinajstić information content (AvgIpc) is 2.71. The normalized spacial score (nSPS) is 10.8. The number of para-hydroxylation sites is 2. The van der Waals surface area contributed by atoms with Gasteiger partial charge in [0, 0.05) is 20.8 Å². The zero-order chi connectivity index (χ0) is 14.1. The van der Waals surface area contributed by atoms with Gasteiger partial charge in [-0.15, -0.1) is 0 Å². The Morgan fingerprint density at radius 1 is 0.750 bits per heavy atom. The van der Waals surface area contributed by atoms with E-state index in [1.54, 1.807) is 0 Å². The second-order valence-corrected chi connectivity index (χ2v) is 5.06. The fraction of sp³-hybridized carbons (Fsp3) is 0.167. The SMILES string of the molecule is Cc1c(C)[n+](-c2ccccc2)c(C)n1-c1ccccc1. The molecule has 0 spiro atoms. The van der Waals surface area contributed by atoms with Crippen molar-refractivity contribution in [1.29, 1.82) is 0 Å². The summed E-state index contributed by atoms with van der Waals surface area (Å²) in [4.78, 5) is 0. The van der Waals surface area contributed by atoms with Gasteiger partial charge in [-0.2, -0.15) is 9.13 Å². The van der Waals surface area contributed by atoms with Crippen LogP contribution in [0.4, 0.5) is 0 Å². The van der Waals surface area contributed by atoms with E-state index < -0.39 is 0 Å². The number of aromatic nitrogens is 2. The molecule has 0 saturated carbocycles. The first kappa shape index (κ1) is 12.7. The number of imidazole rings is 1. The molecule has 0 unspecified atom stereocenters. The van der Waals surface area contributed by atoms with Crippen molar-refractivity contribution in [3.8, 4) is 11.4 Å². The van der Waals surface area contributed by atoms with Crippen molar-refractivity contribution < 1.29 is 4.57 Å². The Kier molecular flexibility index (Phi) is 3.15. The molecule has 0 N–H and O–H groups in total. The van der Waals surface area contributed by atoms with Crippen molar-refractivity contribution >= 4 is 0 Å². The molecular weight excluding hydrogens is 244 g/mol. The van der Waals surface area contributed by atoms with E-state index in [2.05, 4.69) is 90.6 Å². The average molecular weight is 263 g/mol. The molecule has 2 heteroatoms. The van der Waals surface area contributed by atoms with Gasteiger partial charge in [0.15, 0.2) is 0 Å². The molecule has 100 valence electrons. The minimum absolute atomic E-state index is 1.21. The Bertz CT molecular complexity index is 662. The lowest BCUT2D eigenvalue weighted by molar-refractivity contribution is -0.608. The molecule has 3 aromatic rings. The highest BCUT2D eigenvalue weighted by Gasteiger charge is 2.24. The zero-order valence-electron chi connectivity index (χ0n) is 12.2. The van der Waals surface area contributed by atoms with Crippen LogP contribution in [-0.2, 0) is 0 Å². The summed E-state index contributed by atoms with van der Waals surface area (Å²) in [6.45, 7) is 6.52. The molecule has 3 rings (SSSR count). The van der Waals surface area contributed by atoms with Gasteiger partial charge in [-0.1, -0.05) is 36.4 Å². The van der Waals surface area contributed by atoms with Crippen LogP contribution in [0.5, 0.6) is 0 Å². The minimum Gasteiger partial charge on any atom is -0.197 e. The predicted octanol–water partition coefficient (Wildman–Crippen LogP) is 3.68. The summed E-state index contributed by atoms with van der Waals surface area (Å²) in [6, 6.07) is 21.0. The van der Waals surface area contributed by atoms with Crippen molar-refractivity contribution in [2.45, 2.75) is 20.8 Å². The fourth-order valence-electron chi connectivity index (χ4n) is 2.82. The molecule has 20 heavy (non-hydrogen) atoms. The van der Waals surface area contributed by atoms with Crippen molar-refractivity contribution in [3.63, 3.8) is 0 Å². The van der Waals surface area contributed by atoms with Gasteiger partial charge < -0.3 is 0 Å². The first-order valence-electron chi connectivity index (χ1n) is 6.91. The van der Waals surface area contributed by atoms with E-state index in [9.17, 15) is 0 Å². The molecule has 0 aliphatic rings. The van der Waals surface area contributed by atoms with Crippen LogP contribution in [0.2, 0.25) is 0 Å². The molecule has 2 nitrogen and oxygen atoms in total. The van der Waals surface area contributed by atoms with Crippen LogP contribution >= 0.6 is 0 Å². The van der Waals surface area contributed by atoms with Gasteiger partial charge in [0.1, 0.15) is 22.8 Å². The highest BCUT2D eigenvalue weighted by Crippen LogP contribution is 2.17. The Labute approximate surface area is 119 Å². The van der Waals surface area contributed by atoms with E-state index in [-0.39, 0.29) is 0 Å². The quantitative estimate of drug-likeness (QED) is 0.624. The first-order chi connectivity index (χ1) is 9.70.